The molecule has 0 aliphatic carbocycles. The van der Waals surface area contributed by atoms with E-state index in [1.54, 1.807) is 5.56 Å². The summed E-state index contributed by atoms with van der Waals surface area (Å²) in [4.78, 5) is 0. The van der Waals surface area contributed by atoms with Crippen molar-refractivity contribution in [2.75, 3.05) is 20.0 Å². The summed E-state index contributed by atoms with van der Waals surface area (Å²) in [6.45, 7) is 9.82. The number of unbranched alkanes of at least 4 members (excludes halogenated alkanes) is 13. The largest absolute Gasteiger partial charge is 1.00 e. The second-order valence-corrected chi connectivity index (χ2v) is 14.3. The maximum atomic E-state index is 2.51. The van der Waals surface area contributed by atoms with Crippen LogP contribution in [0, 0.1) is 0 Å². The quantitative estimate of drug-likeness (QED) is 0.219. The van der Waals surface area contributed by atoms with Crippen LogP contribution in [0.25, 0.3) is 0 Å². The Morgan fingerprint density at radius 1 is 0.600 bits per heavy atom. The van der Waals surface area contributed by atoms with Crippen LogP contribution in [0.5, 0.6) is 0 Å². The molecule has 0 radical (unpaired) electrons. The number of halogens is 2. The average Bonchev–Trinajstić information content (AvgIpc) is 2.64. The predicted molar refractivity (Wildman–Crippen MR) is 135 cm³/mol. The van der Waals surface area contributed by atoms with E-state index in [1.165, 1.54) is 96.3 Å². The highest BCUT2D eigenvalue weighted by Crippen LogP contribution is 2.62. The first-order valence-corrected chi connectivity index (χ1v) is 15.1. The van der Waals surface area contributed by atoms with Gasteiger partial charge in [0.05, 0.1) is 5.66 Å². The zero-order chi connectivity index (χ0) is 19.8. The molecule has 0 saturated carbocycles. The van der Waals surface area contributed by atoms with Crippen molar-refractivity contribution in [2.24, 2.45) is 0 Å². The molecule has 1 aromatic rings. The monoisotopic (exact) mass is 567 g/mol. The van der Waals surface area contributed by atoms with E-state index in [2.05, 4.69) is 57.3 Å². The Balaban J connectivity index is -0.00000243. The molecule has 0 amide bonds. The summed E-state index contributed by atoms with van der Waals surface area (Å²) in [5, 5.41) is 0. The lowest BCUT2D eigenvalue weighted by Gasteiger charge is -2.25. The molecule has 0 fully saturated rings. The van der Waals surface area contributed by atoms with Crippen molar-refractivity contribution in [1.82, 2.24) is 6.15 Å². The summed E-state index contributed by atoms with van der Waals surface area (Å²) in [7, 11) is -0.834. The zero-order valence-electron chi connectivity index (χ0n) is 20.8. The third-order valence-corrected chi connectivity index (χ3v) is 8.38. The van der Waals surface area contributed by atoms with Gasteiger partial charge in [-0.2, -0.15) is 0 Å². The van der Waals surface area contributed by atoms with Gasteiger partial charge in [0.15, 0.2) is 0 Å². The molecular weight excluding hydrogens is 517 g/mol. The summed E-state index contributed by atoms with van der Waals surface area (Å²) in [6.07, 6.45) is 21.7. The molecule has 0 aliphatic heterocycles. The van der Waals surface area contributed by atoms with Crippen LogP contribution in [0.4, 0.5) is 0 Å². The lowest BCUT2D eigenvalue weighted by atomic mass is 10.0. The Morgan fingerprint density at radius 3 is 1.33 bits per heavy atom. The van der Waals surface area contributed by atoms with Gasteiger partial charge in [0.2, 0.25) is 0 Å². The normalized spacial score (nSPS) is 11.7. The van der Waals surface area contributed by atoms with Crippen molar-refractivity contribution < 1.29 is 34.0 Å². The molecule has 1 aromatic carbocycles. The lowest BCUT2D eigenvalue weighted by molar-refractivity contribution is -0.001000. The molecule has 0 heterocycles. The minimum atomic E-state index is -0.834. The van der Waals surface area contributed by atoms with Gasteiger partial charge in [-0.15, -0.1) is 0 Å². The molecule has 0 aliphatic rings. The van der Waals surface area contributed by atoms with E-state index in [0.717, 1.165) is 5.66 Å². The van der Waals surface area contributed by atoms with E-state index >= 15 is 0 Å². The topological polar surface area (TPSA) is 36.5 Å². The highest BCUT2D eigenvalue weighted by molar-refractivity contribution is 7.74. The molecule has 0 bridgehead atoms. The fraction of sp³-hybridized carbons (Fsp3) is 0.769. The van der Waals surface area contributed by atoms with E-state index in [1.807, 2.05) is 0 Å². The smallest absolute Gasteiger partial charge is 0.0937 e. The van der Waals surface area contributed by atoms with Crippen molar-refractivity contribution in [3.05, 3.63) is 35.9 Å². The van der Waals surface area contributed by atoms with E-state index in [9.17, 15) is 0 Å². The molecule has 1 rings (SSSR count). The summed E-state index contributed by atoms with van der Waals surface area (Å²) in [5.74, 6) is 0. The second-order valence-electron chi connectivity index (χ2n) is 9.43. The van der Waals surface area contributed by atoms with Crippen molar-refractivity contribution in [2.45, 2.75) is 109 Å². The van der Waals surface area contributed by atoms with Gasteiger partial charge in [-0.3, -0.25) is 0 Å². The van der Waals surface area contributed by atoms with Crippen LogP contribution in [0.15, 0.2) is 30.3 Å². The highest BCUT2D eigenvalue weighted by Gasteiger charge is 2.31. The van der Waals surface area contributed by atoms with Gasteiger partial charge >= 0.3 is 0 Å². The number of hydrogen-bond acceptors (Lipinski definition) is 0. The molecule has 1 atom stereocenters. The van der Waals surface area contributed by atoms with E-state index in [0.29, 0.717) is 0 Å². The average molecular weight is 569 g/mol. The zero-order valence-corrected chi connectivity index (χ0v) is 24.8. The molecule has 180 valence electrons. The third kappa shape index (κ3) is 18.2. The summed E-state index contributed by atoms with van der Waals surface area (Å²) < 4.78 is 0. The maximum Gasteiger partial charge on any atom is 0.0937 e. The summed E-state index contributed by atoms with van der Waals surface area (Å²) in [5.41, 5.74) is 2.38. The summed E-state index contributed by atoms with van der Waals surface area (Å²) >= 11 is 0. The van der Waals surface area contributed by atoms with Crippen LogP contribution in [0.1, 0.15) is 114 Å². The maximum absolute atomic E-state index is 2.51. The van der Waals surface area contributed by atoms with Crippen LogP contribution in [0.2, 0.25) is 0 Å². The van der Waals surface area contributed by atoms with Crippen LogP contribution in [0.3, 0.4) is 0 Å². The first kappa shape index (κ1) is 35.2. The summed E-state index contributed by atoms with van der Waals surface area (Å²) in [6, 6.07) is 11.3. The number of benzene rings is 1. The third-order valence-electron chi connectivity index (χ3n) is 5.95. The molecule has 4 heteroatoms. The van der Waals surface area contributed by atoms with E-state index in [4.69, 9.17) is 0 Å². The van der Waals surface area contributed by atoms with E-state index in [-0.39, 0.29) is 40.1 Å². The van der Waals surface area contributed by atoms with Crippen LogP contribution < -0.4 is 40.1 Å². The number of hydrogen-bond donors (Lipinski definition) is 1. The second kappa shape index (κ2) is 22.8. The van der Waals surface area contributed by atoms with Crippen LogP contribution in [-0.4, -0.2) is 20.0 Å². The fourth-order valence-electron chi connectivity index (χ4n) is 4.21. The van der Waals surface area contributed by atoms with Gasteiger partial charge in [0.1, 0.15) is 0 Å². The Labute approximate surface area is 211 Å². The molecule has 30 heavy (non-hydrogen) atoms. The Morgan fingerprint density at radius 2 is 0.967 bits per heavy atom. The Kier molecular flexibility index (Phi) is 26.7. The standard InChI is InChI=1S/C26H48P.2BrH.H3N/c1-5-6-7-8-9-10-11-12-13-14-15-16-17-21-24-26(27(2,3)4)25-22-19-18-20-23-25;;;/h18-20,22-23,26H,5-17,21,24H2,1-4H3;2*1H;1H3/q+1;;;/p-1. The fourth-order valence-corrected chi connectivity index (χ4v) is 6.23. The molecular formula is C26H52Br2NP. The Hall–Kier alpha value is 0.570. The SMILES string of the molecule is CCCCCCCCCCCCCCCCC(c1ccccc1)[P+](C)(C)C.[Br-].[Br-].[NH4+]. The number of rotatable bonds is 17. The lowest BCUT2D eigenvalue weighted by Crippen LogP contribution is -3.00. The van der Waals surface area contributed by atoms with E-state index < -0.39 is 7.26 Å². The van der Waals surface area contributed by atoms with Crippen molar-refractivity contribution >= 4 is 7.26 Å². The van der Waals surface area contributed by atoms with Gasteiger partial charge in [0.25, 0.3) is 0 Å². The molecule has 1 unspecified atom stereocenters. The van der Waals surface area contributed by atoms with Crippen molar-refractivity contribution in [3.8, 4) is 0 Å². The van der Waals surface area contributed by atoms with Crippen LogP contribution in [-0.2, 0) is 0 Å². The number of quaternary nitrogens is 1. The highest BCUT2D eigenvalue weighted by atomic mass is 79.9. The van der Waals surface area contributed by atoms with Gasteiger partial charge in [0, 0.05) is 27.3 Å². The van der Waals surface area contributed by atoms with Crippen molar-refractivity contribution in [3.63, 3.8) is 0 Å². The van der Waals surface area contributed by atoms with Gasteiger partial charge < -0.3 is 40.1 Å². The first-order valence-electron chi connectivity index (χ1n) is 11.9. The van der Waals surface area contributed by atoms with Crippen molar-refractivity contribution in [1.29, 1.82) is 0 Å². The predicted octanol–water partition coefficient (Wildman–Crippen LogP) is 3.89. The first-order chi connectivity index (χ1) is 13.1. The van der Waals surface area contributed by atoms with Gasteiger partial charge in [-0.25, -0.2) is 0 Å². The molecule has 0 aromatic heterocycles. The molecule has 1 nitrogen and oxygen atoms in total. The molecule has 0 spiro atoms. The van der Waals surface area contributed by atoms with Crippen LogP contribution >= 0.6 is 7.26 Å². The minimum absolute atomic E-state index is 0. The minimum Gasteiger partial charge on any atom is -1.00 e. The Bertz CT molecular complexity index is 448. The van der Waals surface area contributed by atoms with Gasteiger partial charge in [-0.1, -0.05) is 121 Å². The molecule has 0 saturated heterocycles. The van der Waals surface area contributed by atoms with Gasteiger partial charge in [-0.05, 0) is 18.4 Å². The molecule has 4 N–H and O–H groups in total.